The summed E-state index contributed by atoms with van der Waals surface area (Å²) in [5.41, 5.74) is 3.18. The van der Waals surface area contributed by atoms with Gasteiger partial charge in [-0.15, -0.1) is 0 Å². The molecule has 43 heavy (non-hydrogen) atoms. The summed E-state index contributed by atoms with van der Waals surface area (Å²) >= 11 is 13.3. The van der Waals surface area contributed by atoms with Crippen LogP contribution < -0.4 is 5.32 Å². The van der Waals surface area contributed by atoms with E-state index in [1.807, 2.05) is 12.1 Å². The number of nitrogens with one attached hydrogen (secondary N) is 1. The van der Waals surface area contributed by atoms with Crippen molar-refractivity contribution >= 4 is 62.8 Å². The molecular weight excluding hydrogens is 615 g/mol. The van der Waals surface area contributed by atoms with E-state index >= 15 is 0 Å². The maximum Gasteiger partial charge on any atom is 0.329 e. The van der Waals surface area contributed by atoms with Gasteiger partial charge in [-0.2, -0.15) is 0 Å². The van der Waals surface area contributed by atoms with E-state index < -0.39 is 28.7 Å². The fourth-order valence-corrected chi connectivity index (χ4v) is 6.41. The second-order valence-electron chi connectivity index (χ2n) is 10.1. The highest BCUT2D eigenvalue weighted by atomic mass is 35.5. The van der Waals surface area contributed by atoms with E-state index in [2.05, 4.69) is 5.32 Å². The Kier molecular flexibility index (Phi) is 9.51. The van der Waals surface area contributed by atoms with Crippen LogP contribution in [0.25, 0.3) is 11.0 Å². The number of amides is 2. The van der Waals surface area contributed by atoms with E-state index in [-0.39, 0.29) is 47.7 Å². The Morgan fingerprint density at radius 2 is 1.95 bits per heavy atom. The summed E-state index contributed by atoms with van der Waals surface area (Å²) in [5.74, 6) is -1.60. The third kappa shape index (κ3) is 6.78. The highest BCUT2D eigenvalue weighted by molar-refractivity contribution is 7.84. The average Bonchev–Trinajstić information content (AvgIpc) is 3.47. The molecule has 1 aromatic heterocycles. The van der Waals surface area contributed by atoms with Crippen molar-refractivity contribution in [3.8, 4) is 0 Å². The number of nitrogens with zero attached hydrogens (tertiary/aromatic N) is 1. The minimum Gasteiger partial charge on any atom is -0.464 e. The maximum absolute atomic E-state index is 13.5. The number of rotatable bonds is 9. The molecule has 0 fully saturated rings. The lowest BCUT2D eigenvalue weighted by atomic mass is 9.95. The number of aliphatic hydroxyl groups is 1. The van der Waals surface area contributed by atoms with Gasteiger partial charge >= 0.3 is 5.97 Å². The predicted molar refractivity (Wildman–Crippen MR) is 163 cm³/mol. The van der Waals surface area contributed by atoms with Crippen LogP contribution in [0, 0.1) is 0 Å². The highest BCUT2D eigenvalue weighted by Gasteiger charge is 2.30. The molecule has 1 unspecified atom stereocenters. The zero-order valence-corrected chi connectivity index (χ0v) is 25.4. The Morgan fingerprint density at radius 3 is 2.72 bits per heavy atom. The minimum atomic E-state index is -1.24. The van der Waals surface area contributed by atoms with Gasteiger partial charge in [0.05, 0.1) is 28.5 Å². The van der Waals surface area contributed by atoms with E-state index in [4.69, 9.17) is 37.5 Å². The smallest absolute Gasteiger partial charge is 0.329 e. The van der Waals surface area contributed by atoms with Crippen molar-refractivity contribution in [3.05, 3.63) is 98.7 Å². The summed E-state index contributed by atoms with van der Waals surface area (Å²) < 4.78 is 22.5. The van der Waals surface area contributed by atoms with Gasteiger partial charge in [0, 0.05) is 52.4 Å². The number of fused-ring (bicyclic) bond motifs is 2. The molecule has 224 valence electrons. The van der Waals surface area contributed by atoms with Crippen LogP contribution in [0.3, 0.4) is 0 Å². The first-order valence-electron chi connectivity index (χ1n) is 13.4. The van der Waals surface area contributed by atoms with Crippen LogP contribution in [0.15, 0.2) is 70.2 Å². The number of halogens is 2. The largest absolute Gasteiger partial charge is 0.464 e. The van der Waals surface area contributed by atoms with E-state index in [1.54, 1.807) is 59.9 Å². The van der Waals surface area contributed by atoms with Crippen molar-refractivity contribution in [2.75, 3.05) is 26.0 Å². The van der Waals surface area contributed by atoms with Gasteiger partial charge in [-0.1, -0.05) is 41.4 Å². The lowest BCUT2D eigenvalue weighted by Crippen LogP contribution is -2.44. The molecule has 12 heteroatoms. The Labute approximate surface area is 260 Å². The summed E-state index contributed by atoms with van der Waals surface area (Å²) in [7, 11) is -1.24. The van der Waals surface area contributed by atoms with Crippen molar-refractivity contribution in [1.82, 2.24) is 10.2 Å². The van der Waals surface area contributed by atoms with E-state index in [0.29, 0.717) is 45.7 Å². The molecule has 2 N–H and O–H groups in total. The normalized spacial score (nSPS) is 14.2. The van der Waals surface area contributed by atoms with Crippen LogP contribution in [-0.4, -0.2) is 64.1 Å². The number of furan rings is 1. The Hall–Kier alpha value is -3.70. The SMILES string of the molecule is CS(=O)c1cccc(C[C@H](NC(=O)c2c(Cl)cc3c(c2Cl)CCN(C(=O)c2ccc4ccoc4c2)C3)C(=O)OCCO)c1. The fraction of sp³-hybridized carbons (Fsp3) is 0.258. The molecule has 0 saturated carbocycles. The second kappa shape index (κ2) is 13.3. The molecular formula is C31H28Cl2N2O7S. The van der Waals surface area contributed by atoms with Gasteiger partial charge in [0.15, 0.2) is 0 Å². The molecule has 3 aromatic carbocycles. The summed E-state index contributed by atoms with van der Waals surface area (Å²) in [6, 6.07) is 14.4. The number of hydrogen-bond donors (Lipinski definition) is 2. The number of carbonyl (C=O) groups excluding carboxylic acids is 3. The van der Waals surface area contributed by atoms with Crippen LogP contribution in [0.5, 0.6) is 0 Å². The third-order valence-corrected chi connectivity index (χ3v) is 8.85. The number of benzene rings is 3. The van der Waals surface area contributed by atoms with Crippen LogP contribution >= 0.6 is 23.2 Å². The molecule has 0 aliphatic carbocycles. The first kappa shape index (κ1) is 30.7. The molecule has 1 aliphatic heterocycles. The molecule has 2 heterocycles. The molecule has 9 nitrogen and oxygen atoms in total. The first-order chi connectivity index (χ1) is 20.7. The molecule has 0 spiro atoms. The van der Waals surface area contributed by atoms with Crippen LogP contribution in [0.2, 0.25) is 10.0 Å². The van der Waals surface area contributed by atoms with Crippen molar-refractivity contribution in [1.29, 1.82) is 0 Å². The molecule has 0 saturated heterocycles. The lowest BCUT2D eigenvalue weighted by Gasteiger charge is -2.30. The maximum atomic E-state index is 13.5. The molecule has 0 bridgehead atoms. The van der Waals surface area contributed by atoms with Gasteiger partial charge in [-0.3, -0.25) is 13.8 Å². The monoisotopic (exact) mass is 642 g/mol. The Morgan fingerprint density at radius 1 is 1.14 bits per heavy atom. The molecule has 5 rings (SSSR count). The van der Waals surface area contributed by atoms with Crippen LogP contribution in [0.4, 0.5) is 0 Å². The van der Waals surface area contributed by atoms with Crippen LogP contribution in [-0.2, 0) is 39.7 Å². The third-order valence-electron chi connectivity index (χ3n) is 7.22. The predicted octanol–water partition coefficient (Wildman–Crippen LogP) is 4.55. The Balaban J connectivity index is 1.36. The van der Waals surface area contributed by atoms with Gasteiger partial charge in [0.1, 0.15) is 18.2 Å². The average molecular weight is 644 g/mol. The van der Waals surface area contributed by atoms with Gasteiger partial charge in [0.2, 0.25) is 0 Å². The zero-order valence-electron chi connectivity index (χ0n) is 23.1. The van der Waals surface area contributed by atoms with E-state index in [1.165, 1.54) is 0 Å². The molecule has 2 atom stereocenters. The number of aliphatic hydroxyl groups excluding tert-OH is 1. The lowest BCUT2D eigenvalue weighted by molar-refractivity contribution is -0.146. The van der Waals surface area contributed by atoms with Crippen molar-refractivity contribution in [2.24, 2.45) is 0 Å². The van der Waals surface area contributed by atoms with Gasteiger partial charge in [-0.25, -0.2) is 4.79 Å². The van der Waals surface area contributed by atoms with E-state index in [0.717, 1.165) is 5.39 Å². The fourth-order valence-electron chi connectivity index (χ4n) is 5.06. The summed E-state index contributed by atoms with van der Waals surface area (Å²) in [6.45, 7) is -0.00202. The Bertz CT molecular complexity index is 1740. The number of hydrogen-bond acceptors (Lipinski definition) is 7. The van der Waals surface area contributed by atoms with Gasteiger partial charge < -0.3 is 24.5 Å². The minimum absolute atomic E-state index is 0.00787. The first-order valence-corrected chi connectivity index (χ1v) is 15.7. The summed E-state index contributed by atoms with van der Waals surface area (Å²) in [5, 5.41) is 12.9. The topological polar surface area (TPSA) is 126 Å². The summed E-state index contributed by atoms with van der Waals surface area (Å²) in [6.07, 6.45) is 3.55. The standard InChI is InChI=1S/C31H28Cl2N2O7S/c1-43(40)22-4-2-3-18(13-22)14-25(31(39)42-12-10-36)34-29(37)27-24(32)15-21-17-35(9-7-23(21)28(27)33)30(38)20-6-5-19-8-11-41-26(19)16-20/h2-6,8,11,13,15-16,25,36H,7,9-10,12,14,17H2,1H3,(H,34,37)/t25-,43?/m0/s1. The molecule has 4 aromatic rings. The van der Waals surface area contributed by atoms with Crippen molar-refractivity contribution in [3.63, 3.8) is 0 Å². The number of ether oxygens (including phenoxy) is 1. The number of esters is 1. The summed E-state index contributed by atoms with van der Waals surface area (Å²) in [4.78, 5) is 41.9. The number of carbonyl (C=O) groups is 3. The molecule has 0 radical (unpaired) electrons. The van der Waals surface area contributed by atoms with Gasteiger partial charge in [-0.05, 0) is 59.5 Å². The van der Waals surface area contributed by atoms with Crippen LogP contribution in [0.1, 0.15) is 37.4 Å². The quantitative estimate of drug-likeness (QED) is 0.257. The van der Waals surface area contributed by atoms with E-state index in [9.17, 15) is 18.6 Å². The van der Waals surface area contributed by atoms with Gasteiger partial charge in [0.25, 0.3) is 11.8 Å². The molecule has 2 amide bonds. The highest BCUT2D eigenvalue weighted by Crippen LogP contribution is 2.35. The van der Waals surface area contributed by atoms with Crippen molar-refractivity contribution in [2.45, 2.75) is 30.3 Å². The zero-order chi connectivity index (χ0) is 30.7. The second-order valence-corrected chi connectivity index (χ2v) is 12.2. The van der Waals surface area contributed by atoms with Crippen molar-refractivity contribution < 1.29 is 32.9 Å². The molecule has 1 aliphatic rings.